The standard InChI is InChI=1S/C54H97NO3/c1-9-10-11-12-13-14-15-16-17-18-19-20-21-22-23-24-25-38-56-43-48(42-55(7)8)58-40-27-39-57-47-34-36-53(5)46(41-47)30-31-49-51-33-32-50(45(4)29-26-28-44(2)3)54(51,6)37-35-52(49)53/h13-14,16-17,30,44-45,47-52H,9-12,15,18-29,31-43H2,1-8H3/b14-13-,17-16-/t45?,47-,48?,49?,50?,51?,52?,53-,54+/m0/s1. The summed E-state index contributed by atoms with van der Waals surface area (Å²) < 4.78 is 19.1. The summed E-state index contributed by atoms with van der Waals surface area (Å²) in [6.45, 7) is 19.1. The Morgan fingerprint density at radius 1 is 0.741 bits per heavy atom. The lowest BCUT2D eigenvalue weighted by Crippen LogP contribution is -2.51. The molecule has 0 bridgehead atoms. The van der Waals surface area contributed by atoms with Gasteiger partial charge in [-0.15, -0.1) is 0 Å². The summed E-state index contributed by atoms with van der Waals surface area (Å²) in [6, 6.07) is 0. The van der Waals surface area contributed by atoms with Gasteiger partial charge < -0.3 is 19.1 Å². The van der Waals surface area contributed by atoms with E-state index in [4.69, 9.17) is 14.2 Å². The van der Waals surface area contributed by atoms with Gasteiger partial charge in [0.15, 0.2) is 0 Å². The minimum Gasteiger partial charge on any atom is -0.379 e. The molecule has 0 amide bonds. The Morgan fingerprint density at radius 3 is 2.19 bits per heavy atom. The zero-order chi connectivity index (χ0) is 41.6. The molecule has 0 aromatic rings. The molecule has 3 saturated carbocycles. The highest BCUT2D eigenvalue weighted by atomic mass is 16.5. The lowest BCUT2D eigenvalue weighted by molar-refractivity contribution is -0.0673. The first-order valence-electron chi connectivity index (χ1n) is 25.5. The summed E-state index contributed by atoms with van der Waals surface area (Å²) in [5.74, 6) is 5.41. The third-order valence-corrected chi connectivity index (χ3v) is 15.9. The maximum absolute atomic E-state index is 6.58. The minimum atomic E-state index is 0.127. The number of likely N-dealkylation sites (N-methyl/N-ethyl adjacent to an activating group) is 1. The first-order valence-corrected chi connectivity index (χ1v) is 25.5. The monoisotopic (exact) mass is 808 g/mol. The van der Waals surface area contributed by atoms with Crippen molar-refractivity contribution in [3.05, 3.63) is 36.0 Å². The zero-order valence-electron chi connectivity index (χ0n) is 39.9. The Labute approximate surface area is 361 Å². The van der Waals surface area contributed by atoms with Crippen molar-refractivity contribution in [3.8, 4) is 0 Å². The lowest BCUT2D eigenvalue weighted by atomic mass is 9.47. The van der Waals surface area contributed by atoms with Gasteiger partial charge in [0.2, 0.25) is 0 Å². The molecule has 0 heterocycles. The highest BCUT2D eigenvalue weighted by Gasteiger charge is 2.59. The van der Waals surface area contributed by atoms with Crippen molar-refractivity contribution in [2.45, 2.75) is 214 Å². The second kappa shape index (κ2) is 27.2. The molecule has 336 valence electrons. The molecule has 6 unspecified atom stereocenters. The topological polar surface area (TPSA) is 30.9 Å². The van der Waals surface area contributed by atoms with E-state index in [1.807, 2.05) is 0 Å². The van der Waals surface area contributed by atoms with Crippen molar-refractivity contribution >= 4 is 0 Å². The average Bonchev–Trinajstić information content (AvgIpc) is 3.55. The molecule has 3 fully saturated rings. The van der Waals surface area contributed by atoms with Crippen molar-refractivity contribution in [1.29, 1.82) is 0 Å². The van der Waals surface area contributed by atoms with Crippen LogP contribution in [0.1, 0.15) is 202 Å². The molecular weight excluding hydrogens is 711 g/mol. The summed E-state index contributed by atoms with van der Waals surface area (Å²) in [5, 5.41) is 0. The van der Waals surface area contributed by atoms with Gasteiger partial charge in [0.25, 0.3) is 0 Å². The fraction of sp³-hybridized carbons (Fsp3) is 0.889. The molecule has 0 N–H and O–H groups in total. The van der Waals surface area contributed by atoms with E-state index in [0.29, 0.717) is 23.5 Å². The summed E-state index contributed by atoms with van der Waals surface area (Å²) in [6.07, 6.45) is 45.6. The number of unbranched alkanes of at least 4 members (excludes halogenated alkanes) is 10. The van der Waals surface area contributed by atoms with Gasteiger partial charge in [-0.25, -0.2) is 0 Å². The van der Waals surface area contributed by atoms with E-state index in [9.17, 15) is 0 Å². The van der Waals surface area contributed by atoms with Crippen molar-refractivity contribution in [2.75, 3.05) is 47.1 Å². The van der Waals surface area contributed by atoms with E-state index in [2.05, 4.69) is 90.9 Å². The van der Waals surface area contributed by atoms with Crippen LogP contribution in [-0.4, -0.2) is 64.2 Å². The molecule has 0 aliphatic heterocycles. The molecule has 58 heavy (non-hydrogen) atoms. The molecule has 9 atom stereocenters. The molecule has 4 aliphatic rings. The Kier molecular flexibility index (Phi) is 23.3. The number of fused-ring (bicyclic) bond motifs is 5. The molecule has 0 radical (unpaired) electrons. The van der Waals surface area contributed by atoms with E-state index >= 15 is 0 Å². The molecular formula is C54H97NO3. The molecule has 4 heteroatoms. The van der Waals surface area contributed by atoms with Gasteiger partial charge in [-0.2, -0.15) is 0 Å². The van der Waals surface area contributed by atoms with Crippen molar-refractivity contribution < 1.29 is 14.2 Å². The SMILES string of the molecule is CCCCC/C=C\C/C=C\CCCCCCCCCOCC(CN(C)C)OCCCO[C@H]1CC[C@@]2(C)C(=CCC3C4CCC(C(C)CCCC(C)C)[C@@]4(C)CCC32)C1. The first kappa shape index (κ1) is 49.7. The summed E-state index contributed by atoms with van der Waals surface area (Å²) >= 11 is 0. The van der Waals surface area contributed by atoms with Crippen LogP contribution in [-0.2, 0) is 14.2 Å². The predicted octanol–water partition coefficient (Wildman–Crippen LogP) is 15.0. The van der Waals surface area contributed by atoms with Gasteiger partial charge in [-0.3, -0.25) is 0 Å². The highest BCUT2D eigenvalue weighted by molar-refractivity contribution is 5.25. The van der Waals surface area contributed by atoms with Crippen LogP contribution in [0.4, 0.5) is 0 Å². The summed E-state index contributed by atoms with van der Waals surface area (Å²) in [4.78, 5) is 2.22. The smallest absolute Gasteiger partial charge is 0.0934 e. The van der Waals surface area contributed by atoms with Crippen molar-refractivity contribution in [3.63, 3.8) is 0 Å². The number of allylic oxidation sites excluding steroid dienone is 5. The van der Waals surface area contributed by atoms with Gasteiger partial charge in [0.1, 0.15) is 0 Å². The van der Waals surface area contributed by atoms with Gasteiger partial charge >= 0.3 is 0 Å². The molecule has 4 rings (SSSR count). The molecule has 4 aliphatic carbocycles. The average molecular weight is 808 g/mol. The van der Waals surface area contributed by atoms with Crippen LogP contribution in [0.25, 0.3) is 0 Å². The van der Waals surface area contributed by atoms with E-state index in [1.165, 1.54) is 135 Å². The maximum atomic E-state index is 6.58. The molecule has 0 aromatic carbocycles. The van der Waals surface area contributed by atoms with Crippen molar-refractivity contribution in [1.82, 2.24) is 4.90 Å². The van der Waals surface area contributed by atoms with Crippen LogP contribution in [0.2, 0.25) is 0 Å². The third-order valence-electron chi connectivity index (χ3n) is 15.9. The quantitative estimate of drug-likeness (QED) is 0.0516. The van der Waals surface area contributed by atoms with E-state index in [-0.39, 0.29) is 6.10 Å². The van der Waals surface area contributed by atoms with Crippen LogP contribution >= 0.6 is 0 Å². The van der Waals surface area contributed by atoms with Gasteiger partial charge in [-0.1, -0.05) is 142 Å². The summed E-state index contributed by atoms with van der Waals surface area (Å²) in [5.41, 5.74) is 2.72. The second-order valence-corrected chi connectivity index (χ2v) is 21.1. The van der Waals surface area contributed by atoms with Gasteiger partial charge in [-0.05, 0) is 157 Å². The Balaban J connectivity index is 1.04. The molecule has 0 saturated heterocycles. The molecule has 4 nitrogen and oxygen atoms in total. The van der Waals surface area contributed by atoms with E-state index < -0.39 is 0 Å². The van der Waals surface area contributed by atoms with Crippen LogP contribution < -0.4 is 0 Å². The maximum Gasteiger partial charge on any atom is 0.0934 e. The second-order valence-electron chi connectivity index (χ2n) is 21.1. The normalized spacial score (nSPS) is 29.6. The van der Waals surface area contributed by atoms with Crippen LogP contribution in [0, 0.1) is 46.3 Å². The molecule has 0 aromatic heterocycles. The fourth-order valence-electron chi connectivity index (χ4n) is 12.5. The Bertz CT molecular complexity index is 1170. The van der Waals surface area contributed by atoms with Gasteiger partial charge in [0, 0.05) is 26.4 Å². The van der Waals surface area contributed by atoms with Crippen molar-refractivity contribution in [2.24, 2.45) is 46.3 Å². The van der Waals surface area contributed by atoms with Crippen LogP contribution in [0.3, 0.4) is 0 Å². The fourth-order valence-corrected chi connectivity index (χ4v) is 12.5. The number of hydrogen-bond acceptors (Lipinski definition) is 4. The van der Waals surface area contributed by atoms with Crippen LogP contribution in [0.15, 0.2) is 36.0 Å². The third kappa shape index (κ3) is 16.1. The van der Waals surface area contributed by atoms with E-state index in [1.54, 1.807) is 5.57 Å². The van der Waals surface area contributed by atoms with Gasteiger partial charge in [0.05, 0.1) is 18.8 Å². The first-order chi connectivity index (χ1) is 28.1. The minimum absolute atomic E-state index is 0.127. The van der Waals surface area contributed by atoms with E-state index in [0.717, 1.165) is 87.6 Å². The largest absolute Gasteiger partial charge is 0.379 e. The number of rotatable bonds is 31. The summed E-state index contributed by atoms with van der Waals surface area (Å²) in [7, 11) is 4.27. The number of nitrogens with zero attached hydrogens (tertiary/aromatic N) is 1. The zero-order valence-corrected chi connectivity index (χ0v) is 39.9. The Hall–Kier alpha value is -0.940. The Morgan fingerprint density at radius 2 is 1.47 bits per heavy atom. The predicted molar refractivity (Wildman–Crippen MR) is 250 cm³/mol. The number of ether oxygens (including phenoxy) is 3. The lowest BCUT2D eigenvalue weighted by Gasteiger charge is -2.58. The molecule has 0 spiro atoms. The number of hydrogen-bond donors (Lipinski definition) is 0. The highest BCUT2D eigenvalue weighted by Crippen LogP contribution is 2.67. The van der Waals surface area contributed by atoms with Crippen LogP contribution in [0.5, 0.6) is 0 Å².